The number of alkyl halides is 2. The van der Waals surface area contributed by atoms with Crippen LogP contribution in [0.1, 0.15) is 0 Å². The third kappa shape index (κ3) is 2.81. The summed E-state index contributed by atoms with van der Waals surface area (Å²) >= 11 is 5.71. The summed E-state index contributed by atoms with van der Waals surface area (Å²) in [6, 6.07) is 7.77. The number of fused-ring (bicyclic) bond motifs is 1. The van der Waals surface area contributed by atoms with Crippen LogP contribution < -0.4 is 14.8 Å². The van der Waals surface area contributed by atoms with Crippen molar-refractivity contribution >= 4 is 23.2 Å². The lowest BCUT2D eigenvalue weighted by atomic mass is 10.1. The molecule has 0 unspecified atom stereocenters. The van der Waals surface area contributed by atoms with Crippen LogP contribution in [0.4, 0.5) is 20.4 Å². The smallest absolute Gasteiger partial charge is 0.395 e. The molecule has 0 saturated heterocycles. The topological polar surface area (TPSA) is 85.0 Å². The summed E-state index contributed by atoms with van der Waals surface area (Å²) in [6.07, 6.45) is -2.14. The molecule has 24 heavy (non-hydrogen) atoms. The highest BCUT2D eigenvalue weighted by atomic mass is 35.5. The third-order valence-electron chi connectivity index (χ3n) is 3.17. The number of benzene rings is 1. The molecule has 0 spiro atoms. The fourth-order valence-corrected chi connectivity index (χ4v) is 2.33. The Morgan fingerprint density at radius 1 is 1.08 bits per heavy atom. The van der Waals surface area contributed by atoms with Crippen molar-refractivity contribution in [2.75, 3.05) is 5.32 Å². The van der Waals surface area contributed by atoms with E-state index in [1.54, 1.807) is 18.2 Å². The van der Waals surface area contributed by atoms with Gasteiger partial charge in [-0.25, -0.2) is 9.97 Å². The summed E-state index contributed by atoms with van der Waals surface area (Å²) in [7, 11) is 0. The predicted octanol–water partition coefficient (Wildman–Crippen LogP) is 3.59. The molecule has 0 amide bonds. The monoisotopic (exact) mass is 351 g/mol. The van der Waals surface area contributed by atoms with Gasteiger partial charge in [0.25, 0.3) is 0 Å². The standard InChI is InChI=1S/C14H8ClF2N5O2/c15-13-18-4-3-11(20-13)19-12-6-8(21-22-12)7-1-2-9-10(5-7)24-14(16,17)23-9/h1-6H,(H2,18,19,20,21,22). The van der Waals surface area contributed by atoms with E-state index in [4.69, 9.17) is 11.6 Å². The van der Waals surface area contributed by atoms with Gasteiger partial charge < -0.3 is 14.8 Å². The lowest BCUT2D eigenvalue weighted by molar-refractivity contribution is -0.286. The average molecular weight is 352 g/mol. The second kappa shape index (κ2) is 5.31. The minimum Gasteiger partial charge on any atom is -0.395 e. The molecule has 1 aliphatic rings. The van der Waals surface area contributed by atoms with Crippen LogP contribution in [0.5, 0.6) is 11.5 Å². The Hall–Kier alpha value is -2.94. The minimum absolute atomic E-state index is 0.0164. The molecule has 3 aromatic rings. The van der Waals surface area contributed by atoms with Gasteiger partial charge in [-0.15, -0.1) is 8.78 Å². The van der Waals surface area contributed by atoms with E-state index < -0.39 is 6.29 Å². The first-order valence-corrected chi connectivity index (χ1v) is 7.08. The number of aromatic amines is 1. The first-order chi connectivity index (χ1) is 11.5. The average Bonchev–Trinajstić information content (AvgIpc) is 3.08. The van der Waals surface area contributed by atoms with Gasteiger partial charge >= 0.3 is 6.29 Å². The molecule has 1 aromatic carbocycles. The number of hydrogen-bond acceptors (Lipinski definition) is 6. The minimum atomic E-state index is -3.64. The van der Waals surface area contributed by atoms with E-state index in [2.05, 4.69) is 35.0 Å². The van der Waals surface area contributed by atoms with Crippen molar-refractivity contribution in [3.05, 3.63) is 41.8 Å². The second-order valence-corrected chi connectivity index (χ2v) is 5.17. The Morgan fingerprint density at radius 3 is 2.75 bits per heavy atom. The van der Waals surface area contributed by atoms with Crippen LogP contribution in [0.25, 0.3) is 11.3 Å². The summed E-state index contributed by atoms with van der Waals surface area (Å²) in [5, 5.41) is 9.93. The van der Waals surface area contributed by atoms with Crippen LogP contribution in [-0.2, 0) is 0 Å². The molecule has 7 nitrogen and oxygen atoms in total. The zero-order chi connectivity index (χ0) is 16.7. The molecule has 10 heteroatoms. The van der Waals surface area contributed by atoms with E-state index >= 15 is 0 Å². The Labute approximate surface area is 138 Å². The van der Waals surface area contributed by atoms with Crippen molar-refractivity contribution < 1.29 is 18.3 Å². The van der Waals surface area contributed by atoms with Gasteiger partial charge in [0.2, 0.25) is 5.28 Å². The molecular weight excluding hydrogens is 344 g/mol. The van der Waals surface area contributed by atoms with Crippen molar-refractivity contribution in [3.63, 3.8) is 0 Å². The molecule has 4 rings (SSSR count). The summed E-state index contributed by atoms with van der Waals surface area (Å²) < 4.78 is 34.9. The van der Waals surface area contributed by atoms with Crippen LogP contribution >= 0.6 is 11.6 Å². The largest absolute Gasteiger partial charge is 0.586 e. The van der Waals surface area contributed by atoms with E-state index in [9.17, 15) is 8.78 Å². The highest BCUT2D eigenvalue weighted by Gasteiger charge is 2.43. The van der Waals surface area contributed by atoms with Crippen LogP contribution in [-0.4, -0.2) is 26.5 Å². The van der Waals surface area contributed by atoms with Gasteiger partial charge in [-0.2, -0.15) is 5.10 Å². The molecule has 0 radical (unpaired) electrons. The number of anilines is 2. The van der Waals surface area contributed by atoms with Crippen molar-refractivity contribution in [3.8, 4) is 22.8 Å². The van der Waals surface area contributed by atoms with Crippen molar-refractivity contribution in [1.29, 1.82) is 0 Å². The maximum atomic E-state index is 13.1. The van der Waals surface area contributed by atoms with E-state index in [0.29, 0.717) is 22.9 Å². The summed E-state index contributed by atoms with van der Waals surface area (Å²) in [6.45, 7) is 0. The lowest BCUT2D eigenvalue weighted by Gasteiger charge is -2.04. The molecule has 0 fully saturated rings. The summed E-state index contributed by atoms with van der Waals surface area (Å²) in [4.78, 5) is 7.76. The number of nitrogens with zero attached hydrogens (tertiary/aromatic N) is 3. The molecule has 1 aliphatic heterocycles. The number of halogens is 3. The van der Waals surface area contributed by atoms with Crippen molar-refractivity contribution in [2.45, 2.75) is 6.29 Å². The number of H-pyrrole nitrogens is 1. The SMILES string of the molecule is FC1(F)Oc2ccc(-c3cc(Nc4ccnc(Cl)n4)n[nH]3)cc2O1. The Kier molecular flexibility index (Phi) is 3.24. The van der Waals surface area contributed by atoms with Crippen molar-refractivity contribution in [2.24, 2.45) is 0 Å². The first-order valence-electron chi connectivity index (χ1n) is 6.70. The fraction of sp³-hybridized carbons (Fsp3) is 0.0714. The number of rotatable bonds is 3. The van der Waals surface area contributed by atoms with E-state index in [-0.39, 0.29) is 16.8 Å². The molecule has 0 saturated carbocycles. The van der Waals surface area contributed by atoms with E-state index in [1.807, 2.05) is 0 Å². The number of aromatic nitrogens is 4. The number of nitrogens with one attached hydrogen (secondary N) is 2. The summed E-state index contributed by atoms with van der Waals surface area (Å²) in [5.41, 5.74) is 1.20. The van der Waals surface area contributed by atoms with Crippen LogP contribution in [0.2, 0.25) is 5.28 Å². The molecule has 2 N–H and O–H groups in total. The molecule has 122 valence electrons. The molecule has 0 aliphatic carbocycles. The quantitative estimate of drug-likeness (QED) is 0.701. The van der Waals surface area contributed by atoms with Gasteiger partial charge in [0.1, 0.15) is 5.82 Å². The van der Waals surface area contributed by atoms with E-state index in [0.717, 1.165) is 0 Å². The van der Waals surface area contributed by atoms with Crippen LogP contribution in [0, 0.1) is 0 Å². The van der Waals surface area contributed by atoms with Gasteiger partial charge in [0.05, 0.1) is 5.69 Å². The highest BCUT2D eigenvalue weighted by molar-refractivity contribution is 6.28. The molecule has 3 heterocycles. The van der Waals surface area contributed by atoms with Gasteiger partial charge in [-0.3, -0.25) is 5.10 Å². The number of ether oxygens (including phenoxy) is 2. The maximum absolute atomic E-state index is 13.1. The molecule has 0 bridgehead atoms. The van der Waals surface area contributed by atoms with Crippen LogP contribution in [0.3, 0.4) is 0 Å². The molecule has 0 atom stereocenters. The van der Waals surface area contributed by atoms with Gasteiger partial charge in [-0.1, -0.05) is 0 Å². The number of hydrogen-bond donors (Lipinski definition) is 2. The third-order valence-corrected chi connectivity index (χ3v) is 3.35. The first kappa shape index (κ1) is 14.6. The van der Waals surface area contributed by atoms with Gasteiger partial charge in [-0.05, 0) is 35.9 Å². The van der Waals surface area contributed by atoms with Crippen LogP contribution in [0.15, 0.2) is 36.5 Å². The fourth-order valence-electron chi connectivity index (χ4n) is 2.19. The predicted molar refractivity (Wildman–Crippen MR) is 80.6 cm³/mol. The zero-order valence-corrected chi connectivity index (χ0v) is 12.5. The second-order valence-electron chi connectivity index (χ2n) is 4.83. The Balaban J connectivity index is 1.58. The van der Waals surface area contributed by atoms with Gasteiger partial charge in [0.15, 0.2) is 17.3 Å². The zero-order valence-electron chi connectivity index (χ0n) is 11.8. The summed E-state index contributed by atoms with van der Waals surface area (Å²) in [5.74, 6) is 0.891. The molecular formula is C14H8ClF2N5O2. The normalized spacial score (nSPS) is 14.6. The van der Waals surface area contributed by atoms with Gasteiger partial charge in [0, 0.05) is 17.8 Å². The lowest BCUT2D eigenvalue weighted by Crippen LogP contribution is -2.25. The van der Waals surface area contributed by atoms with E-state index in [1.165, 1.54) is 18.3 Å². The highest BCUT2D eigenvalue weighted by Crippen LogP contribution is 2.42. The van der Waals surface area contributed by atoms with Crippen molar-refractivity contribution in [1.82, 2.24) is 20.2 Å². The Bertz CT molecular complexity index is 918. The Morgan fingerprint density at radius 2 is 1.92 bits per heavy atom. The molecule has 2 aromatic heterocycles. The maximum Gasteiger partial charge on any atom is 0.586 e.